The molecule has 0 saturated heterocycles. The Morgan fingerprint density at radius 3 is 2.08 bits per heavy atom. The van der Waals surface area contributed by atoms with Crippen LogP contribution >= 0.6 is 0 Å². The van der Waals surface area contributed by atoms with Crippen LogP contribution in [-0.2, 0) is 4.89 Å². The maximum Gasteiger partial charge on any atom is 0.122 e. The van der Waals surface area contributed by atoms with Crippen molar-refractivity contribution in [3.05, 3.63) is 24.8 Å². The first kappa shape index (κ1) is 12.4. The summed E-state index contributed by atoms with van der Waals surface area (Å²) in [4.78, 5) is 4.26. The fourth-order valence-corrected chi connectivity index (χ4v) is 1.24. The second kappa shape index (κ2) is 4.56. The fraction of sp³-hybridized carbons (Fsp3) is 0.600. The Morgan fingerprint density at radius 2 is 2.00 bits per heavy atom. The maximum absolute atomic E-state index is 9.72. The van der Waals surface area contributed by atoms with Crippen LogP contribution in [0.25, 0.3) is 0 Å². The molecule has 0 amide bonds. The van der Waals surface area contributed by atoms with Crippen LogP contribution in [-0.4, -0.2) is 22.1 Å². The second-order valence-electron chi connectivity index (χ2n) is 3.79. The fourth-order valence-electron chi connectivity index (χ4n) is 1.24. The minimum atomic E-state index is -0.992. The van der Waals surface area contributed by atoms with E-state index < -0.39 is 11.7 Å². The minimum absolute atomic E-state index is 0.380. The van der Waals surface area contributed by atoms with Crippen LogP contribution in [0, 0.1) is 5.92 Å². The third kappa shape index (κ3) is 3.30. The van der Waals surface area contributed by atoms with Crippen LogP contribution in [0.4, 0.5) is 0 Å². The lowest BCUT2D eigenvalue weighted by Gasteiger charge is -2.31. The Morgan fingerprint density at radius 1 is 1.54 bits per heavy atom. The van der Waals surface area contributed by atoms with Crippen LogP contribution in [0.2, 0.25) is 0 Å². The Hall–Kier alpha value is -0.640. The first-order valence-corrected chi connectivity index (χ1v) is 4.15. The van der Waals surface area contributed by atoms with Crippen LogP contribution in [0.5, 0.6) is 0 Å². The molecular weight excluding hydrogens is 168 g/mol. The van der Waals surface area contributed by atoms with Gasteiger partial charge in [0.1, 0.15) is 6.10 Å². The molecule has 0 heterocycles. The van der Waals surface area contributed by atoms with Gasteiger partial charge in [-0.25, -0.2) is 4.89 Å². The Labute approximate surface area is 79.3 Å². The summed E-state index contributed by atoms with van der Waals surface area (Å²) in [5, 5.41) is 18.4. The molecule has 0 aromatic heterocycles. The van der Waals surface area contributed by atoms with Crippen LogP contribution in [0.3, 0.4) is 0 Å². The van der Waals surface area contributed by atoms with Crippen molar-refractivity contribution in [2.45, 2.75) is 32.5 Å². The van der Waals surface area contributed by atoms with Crippen molar-refractivity contribution in [2.75, 3.05) is 0 Å². The van der Waals surface area contributed by atoms with Crippen LogP contribution < -0.4 is 0 Å². The summed E-state index contributed by atoms with van der Waals surface area (Å²) in [6.45, 7) is 12.2. The molecule has 0 aliphatic rings. The molecule has 0 aliphatic carbocycles. The van der Waals surface area contributed by atoms with E-state index in [1.54, 1.807) is 26.8 Å². The van der Waals surface area contributed by atoms with Gasteiger partial charge in [0.2, 0.25) is 0 Å². The first-order chi connectivity index (χ1) is 5.84. The van der Waals surface area contributed by atoms with Gasteiger partial charge in [0, 0.05) is 5.92 Å². The molecule has 3 heteroatoms. The van der Waals surface area contributed by atoms with Crippen molar-refractivity contribution in [3.63, 3.8) is 0 Å². The van der Waals surface area contributed by atoms with E-state index in [0.29, 0.717) is 5.57 Å². The Bertz CT molecular complexity index is 191. The summed E-state index contributed by atoms with van der Waals surface area (Å²) >= 11 is 0. The number of rotatable bonds is 5. The van der Waals surface area contributed by atoms with Crippen molar-refractivity contribution in [2.24, 2.45) is 5.92 Å². The summed E-state index contributed by atoms with van der Waals surface area (Å²) in [5.74, 6) is -0.380. The molecule has 0 saturated carbocycles. The highest BCUT2D eigenvalue weighted by Gasteiger charge is 2.33. The van der Waals surface area contributed by atoms with Crippen molar-refractivity contribution < 1.29 is 15.3 Å². The first-order valence-electron chi connectivity index (χ1n) is 4.15. The highest BCUT2D eigenvalue weighted by atomic mass is 17.1. The van der Waals surface area contributed by atoms with E-state index >= 15 is 0 Å². The molecule has 3 nitrogen and oxygen atoms in total. The average Bonchev–Trinajstić information content (AvgIpc) is 1.96. The van der Waals surface area contributed by atoms with Crippen LogP contribution in [0.15, 0.2) is 24.8 Å². The molecule has 0 spiro atoms. The number of hydrogen-bond donors (Lipinski definition) is 2. The maximum atomic E-state index is 9.72. The SMILES string of the molecule is C=C[C@H]([C@@H](OO)C(=C)C)C(C)(C)O. The average molecular weight is 186 g/mol. The predicted molar refractivity (Wildman–Crippen MR) is 52.3 cm³/mol. The van der Waals surface area contributed by atoms with Gasteiger partial charge in [-0.2, -0.15) is 0 Å². The molecule has 0 bridgehead atoms. The zero-order valence-corrected chi connectivity index (χ0v) is 8.45. The lowest BCUT2D eigenvalue weighted by atomic mass is 9.84. The van der Waals surface area contributed by atoms with Gasteiger partial charge < -0.3 is 5.11 Å². The van der Waals surface area contributed by atoms with E-state index in [2.05, 4.69) is 18.0 Å². The molecule has 0 rings (SSSR count). The van der Waals surface area contributed by atoms with Gasteiger partial charge in [-0.15, -0.1) is 6.58 Å². The third-order valence-corrected chi connectivity index (χ3v) is 2.00. The highest BCUT2D eigenvalue weighted by molar-refractivity contribution is 5.08. The zero-order valence-electron chi connectivity index (χ0n) is 8.45. The second-order valence-corrected chi connectivity index (χ2v) is 3.79. The van der Waals surface area contributed by atoms with Gasteiger partial charge in [-0.1, -0.05) is 12.7 Å². The van der Waals surface area contributed by atoms with Crippen molar-refractivity contribution in [1.29, 1.82) is 0 Å². The summed E-state index contributed by atoms with van der Waals surface area (Å²) in [6, 6.07) is 0. The largest absolute Gasteiger partial charge is 0.390 e. The monoisotopic (exact) mass is 186 g/mol. The third-order valence-electron chi connectivity index (χ3n) is 2.00. The quantitative estimate of drug-likeness (QED) is 0.392. The summed E-state index contributed by atoms with van der Waals surface area (Å²) < 4.78 is 0. The van der Waals surface area contributed by atoms with E-state index in [1.807, 2.05) is 0 Å². The molecule has 0 unspecified atom stereocenters. The van der Waals surface area contributed by atoms with Gasteiger partial charge >= 0.3 is 0 Å². The molecule has 13 heavy (non-hydrogen) atoms. The van der Waals surface area contributed by atoms with E-state index in [-0.39, 0.29) is 5.92 Å². The lowest BCUT2D eigenvalue weighted by Crippen LogP contribution is -2.39. The molecule has 0 aromatic carbocycles. The molecular formula is C10H18O3. The minimum Gasteiger partial charge on any atom is -0.390 e. The number of aliphatic hydroxyl groups is 1. The molecule has 2 N–H and O–H groups in total. The van der Waals surface area contributed by atoms with Crippen molar-refractivity contribution in [3.8, 4) is 0 Å². The summed E-state index contributed by atoms with van der Waals surface area (Å²) in [7, 11) is 0. The molecule has 76 valence electrons. The Kier molecular flexibility index (Phi) is 4.33. The van der Waals surface area contributed by atoms with E-state index in [0.717, 1.165) is 0 Å². The predicted octanol–water partition coefficient (Wildman–Crippen LogP) is 1.99. The normalized spacial score (nSPS) is 16.4. The van der Waals surface area contributed by atoms with Gasteiger partial charge in [0.05, 0.1) is 5.60 Å². The summed E-state index contributed by atoms with van der Waals surface area (Å²) in [5.41, 5.74) is -0.344. The van der Waals surface area contributed by atoms with Crippen LogP contribution in [0.1, 0.15) is 20.8 Å². The van der Waals surface area contributed by atoms with Gasteiger partial charge in [-0.05, 0) is 26.3 Å². The molecule has 0 fully saturated rings. The van der Waals surface area contributed by atoms with Gasteiger partial charge in [-0.3, -0.25) is 5.26 Å². The topological polar surface area (TPSA) is 49.7 Å². The molecule has 0 radical (unpaired) electrons. The molecule has 0 aromatic rings. The standard InChI is InChI=1S/C10H18O3/c1-6-8(10(4,5)11)9(13-12)7(2)3/h6,8-9,11-12H,1-2H2,3-5H3/t8-,9+/m1/s1. The van der Waals surface area contributed by atoms with E-state index in [1.165, 1.54) is 0 Å². The number of hydrogen-bond acceptors (Lipinski definition) is 3. The van der Waals surface area contributed by atoms with Gasteiger partial charge in [0.15, 0.2) is 0 Å². The zero-order chi connectivity index (χ0) is 10.6. The van der Waals surface area contributed by atoms with Crippen molar-refractivity contribution >= 4 is 0 Å². The molecule has 0 aliphatic heterocycles. The van der Waals surface area contributed by atoms with Gasteiger partial charge in [0.25, 0.3) is 0 Å². The smallest absolute Gasteiger partial charge is 0.122 e. The molecule has 2 atom stereocenters. The summed E-state index contributed by atoms with van der Waals surface area (Å²) in [6.07, 6.45) is 0.938. The Balaban J connectivity index is 4.73. The highest BCUT2D eigenvalue weighted by Crippen LogP contribution is 2.26. The van der Waals surface area contributed by atoms with Crippen molar-refractivity contribution in [1.82, 2.24) is 0 Å². The van der Waals surface area contributed by atoms with E-state index in [9.17, 15) is 5.11 Å². The van der Waals surface area contributed by atoms with E-state index in [4.69, 9.17) is 5.26 Å². The lowest BCUT2D eigenvalue weighted by molar-refractivity contribution is -0.285.